The van der Waals surface area contributed by atoms with Crippen molar-refractivity contribution in [2.24, 2.45) is 5.92 Å². The predicted molar refractivity (Wildman–Crippen MR) is 70.5 cm³/mol. The molecule has 0 aliphatic carbocycles. The molecule has 3 nitrogen and oxygen atoms in total. The number of hydrogen-bond acceptors (Lipinski definition) is 2. The van der Waals surface area contributed by atoms with Crippen LogP contribution in [-0.2, 0) is 4.74 Å². The van der Waals surface area contributed by atoms with Crippen LogP contribution in [0.4, 0.5) is 0 Å². The third kappa shape index (κ3) is 2.15. The molecule has 17 heavy (non-hydrogen) atoms. The van der Waals surface area contributed by atoms with Gasteiger partial charge in [0.05, 0.1) is 6.04 Å². The zero-order valence-corrected chi connectivity index (χ0v) is 10.4. The third-order valence-electron chi connectivity index (χ3n) is 3.51. The molecule has 2 N–H and O–H groups in total. The van der Waals surface area contributed by atoms with Crippen molar-refractivity contribution in [1.82, 2.24) is 10.6 Å². The van der Waals surface area contributed by atoms with Crippen LogP contribution in [0.1, 0.15) is 24.4 Å². The second kappa shape index (κ2) is 4.63. The fourth-order valence-corrected chi connectivity index (χ4v) is 2.95. The van der Waals surface area contributed by atoms with Crippen molar-refractivity contribution in [2.75, 3.05) is 6.61 Å². The summed E-state index contributed by atoms with van der Waals surface area (Å²) < 4.78 is 5.77. The second-order valence-electron chi connectivity index (χ2n) is 4.60. The SMILES string of the molecule is S=C1N[C@H]2OCCC[C@H]2[C@H](c2ccccc2)N1. The number of thiocarbonyl (C=S) groups is 1. The van der Waals surface area contributed by atoms with Gasteiger partial charge in [-0.15, -0.1) is 0 Å². The third-order valence-corrected chi connectivity index (χ3v) is 3.75. The Balaban J connectivity index is 1.88. The molecule has 2 aliphatic heterocycles. The monoisotopic (exact) mass is 248 g/mol. The lowest BCUT2D eigenvalue weighted by Gasteiger charge is -2.43. The molecule has 90 valence electrons. The summed E-state index contributed by atoms with van der Waals surface area (Å²) in [6, 6.07) is 10.8. The van der Waals surface area contributed by atoms with E-state index >= 15 is 0 Å². The highest BCUT2D eigenvalue weighted by atomic mass is 32.1. The average Bonchev–Trinajstić information content (AvgIpc) is 2.39. The molecule has 1 aromatic carbocycles. The van der Waals surface area contributed by atoms with Crippen LogP contribution in [-0.4, -0.2) is 17.9 Å². The van der Waals surface area contributed by atoms with E-state index in [1.54, 1.807) is 0 Å². The maximum absolute atomic E-state index is 5.77. The van der Waals surface area contributed by atoms with Crippen LogP contribution in [0, 0.1) is 5.92 Å². The highest BCUT2D eigenvalue weighted by Gasteiger charge is 2.38. The molecule has 1 aromatic rings. The molecule has 4 heteroatoms. The number of benzene rings is 1. The summed E-state index contributed by atoms with van der Waals surface area (Å²) in [6.07, 6.45) is 2.37. The van der Waals surface area contributed by atoms with E-state index in [2.05, 4.69) is 34.9 Å². The molecule has 0 bridgehead atoms. The van der Waals surface area contributed by atoms with Gasteiger partial charge in [-0.2, -0.15) is 0 Å². The Hall–Kier alpha value is -1.13. The lowest BCUT2D eigenvalue weighted by atomic mass is 9.85. The Morgan fingerprint density at radius 2 is 2.00 bits per heavy atom. The van der Waals surface area contributed by atoms with Gasteiger partial charge in [-0.25, -0.2) is 0 Å². The molecule has 0 unspecified atom stereocenters. The van der Waals surface area contributed by atoms with Crippen molar-refractivity contribution in [3.8, 4) is 0 Å². The van der Waals surface area contributed by atoms with Crippen LogP contribution in [0.25, 0.3) is 0 Å². The lowest BCUT2D eigenvalue weighted by molar-refractivity contribution is -0.0536. The normalized spacial score (nSPS) is 32.2. The van der Waals surface area contributed by atoms with Crippen LogP contribution in [0.2, 0.25) is 0 Å². The molecular weight excluding hydrogens is 232 g/mol. The van der Waals surface area contributed by atoms with Gasteiger partial charge >= 0.3 is 0 Å². The predicted octanol–water partition coefficient (Wildman–Crippen LogP) is 1.96. The van der Waals surface area contributed by atoms with Crippen molar-refractivity contribution in [1.29, 1.82) is 0 Å². The zero-order chi connectivity index (χ0) is 11.7. The molecule has 0 spiro atoms. The van der Waals surface area contributed by atoms with Crippen LogP contribution in [0.3, 0.4) is 0 Å². The van der Waals surface area contributed by atoms with E-state index < -0.39 is 0 Å². The summed E-state index contributed by atoms with van der Waals surface area (Å²) >= 11 is 5.25. The highest BCUT2D eigenvalue weighted by Crippen LogP contribution is 2.34. The smallest absolute Gasteiger partial charge is 0.168 e. The molecule has 0 radical (unpaired) electrons. The Kier molecular flexibility index (Phi) is 2.99. The van der Waals surface area contributed by atoms with Crippen LogP contribution in [0.15, 0.2) is 30.3 Å². The fourth-order valence-electron chi connectivity index (χ4n) is 2.70. The highest BCUT2D eigenvalue weighted by molar-refractivity contribution is 7.80. The summed E-state index contributed by atoms with van der Waals surface area (Å²) in [7, 11) is 0. The molecule has 2 saturated heterocycles. The van der Waals surface area contributed by atoms with E-state index in [0.717, 1.165) is 13.0 Å². The van der Waals surface area contributed by atoms with Gasteiger partial charge in [0.1, 0.15) is 6.23 Å². The minimum Gasteiger partial charge on any atom is -0.358 e. The Morgan fingerprint density at radius 3 is 2.82 bits per heavy atom. The molecule has 0 saturated carbocycles. The molecule has 2 aliphatic rings. The number of nitrogens with one attached hydrogen (secondary N) is 2. The maximum Gasteiger partial charge on any atom is 0.168 e. The molecule has 0 aromatic heterocycles. The topological polar surface area (TPSA) is 33.3 Å². The number of fused-ring (bicyclic) bond motifs is 1. The van der Waals surface area contributed by atoms with Crippen LogP contribution in [0.5, 0.6) is 0 Å². The lowest BCUT2D eigenvalue weighted by Crippen LogP contribution is -2.58. The fraction of sp³-hybridized carbons (Fsp3) is 0.462. The molecule has 2 fully saturated rings. The Morgan fingerprint density at radius 1 is 1.18 bits per heavy atom. The minimum absolute atomic E-state index is 0.0720. The quantitative estimate of drug-likeness (QED) is 0.744. The number of hydrogen-bond donors (Lipinski definition) is 2. The van der Waals surface area contributed by atoms with Crippen LogP contribution >= 0.6 is 12.2 Å². The van der Waals surface area contributed by atoms with E-state index in [1.807, 2.05) is 6.07 Å². The van der Waals surface area contributed by atoms with Gasteiger partial charge in [-0.05, 0) is 30.6 Å². The summed E-state index contributed by atoms with van der Waals surface area (Å²) in [5.74, 6) is 0.456. The van der Waals surface area contributed by atoms with Crippen molar-refractivity contribution in [3.63, 3.8) is 0 Å². The minimum atomic E-state index is 0.0720. The van der Waals surface area contributed by atoms with E-state index in [0.29, 0.717) is 11.0 Å². The van der Waals surface area contributed by atoms with E-state index in [9.17, 15) is 0 Å². The van der Waals surface area contributed by atoms with Crippen molar-refractivity contribution in [3.05, 3.63) is 35.9 Å². The second-order valence-corrected chi connectivity index (χ2v) is 5.01. The van der Waals surface area contributed by atoms with Gasteiger partial charge in [0.2, 0.25) is 0 Å². The molecule has 0 amide bonds. The van der Waals surface area contributed by atoms with E-state index in [-0.39, 0.29) is 12.3 Å². The largest absolute Gasteiger partial charge is 0.358 e. The summed E-state index contributed by atoms with van der Waals surface area (Å²) in [6.45, 7) is 0.832. The summed E-state index contributed by atoms with van der Waals surface area (Å²) in [5.41, 5.74) is 1.29. The molecule has 2 heterocycles. The van der Waals surface area contributed by atoms with Crippen molar-refractivity contribution >= 4 is 17.3 Å². The maximum atomic E-state index is 5.77. The van der Waals surface area contributed by atoms with Crippen LogP contribution < -0.4 is 10.6 Å². The van der Waals surface area contributed by atoms with Gasteiger partial charge < -0.3 is 15.4 Å². The van der Waals surface area contributed by atoms with Gasteiger partial charge in [0, 0.05) is 12.5 Å². The summed E-state index contributed by atoms with van der Waals surface area (Å²) in [5, 5.41) is 7.28. The van der Waals surface area contributed by atoms with E-state index in [4.69, 9.17) is 17.0 Å². The van der Waals surface area contributed by atoms with Crippen molar-refractivity contribution in [2.45, 2.75) is 25.1 Å². The first-order valence-electron chi connectivity index (χ1n) is 6.08. The first kappa shape index (κ1) is 11.0. The number of ether oxygens (including phenoxy) is 1. The Bertz CT molecular complexity index is 409. The Labute approximate surface area is 107 Å². The van der Waals surface area contributed by atoms with Crippen molar-refractivity contribution < 1.29 is 4.74 Å². The average molecular weight is 248 g/mol. The number of rotatable bonds is 1. The van der Waals surface area contributed by atoms with Gasteiger partial charge in [-0.1, -0.05) is 30.3 Å². The summed E-state index contributed by atoms with van der Waals surface area (Å²) in [4.78, 5) is 0. The van der Waals surface area contributed by atoms with Gasteiger partial charge in [-0.3, -0.25) is 0 Å². The standard InChI is InChI=1S/C13H16N2OS/c17-13-14-11(9-5-2-1-3-6-9)10-7-4-8-16-12(10)15-13/h1-3,5-6,10-12H,4,7-8H2,(H2,14,15,17)/t10-,11-,12-/m0/s1. The zero-order valence-electron chi connectivity index (χ0n) is 9.56. The molecule has 3 atom stereocenters. The van der Waals surface area contributed by atoms with E-state index in [1.165, 1.54) is 12.0 Å². The molecule has 3 rings (SSSR count). The van der Waals surface area contributed by atoms with Gasteiger partial charge in [0.25, 0.3) is 0 Å². The molecular formula is C13H16N2OS. The first-order valence-corrected chi connectivity index (χ1v) is 6.49. The first-order chi connectivity index (χ1) is 8.34. The van der Waals surface area contributed by atoms with Gasteiger partial charge in [0.15, 0.2) is 5.11 Å².